The molecule has 16 heavy (non-hydrogen) atoms. The summed E-state index contributed by atoms with van der Waals surface area (Å²) < 4.78 is 0. The Morgan fingerprint density at radius 1 is 1.62 bits per heavy atom. The van der Waals surface area contributed by atoms with Crippen molar-refractivity contribution in [1.82, 2.24) is 5.32 Å². The van der Waals surface area contributed by atoms with Gasteiger partial charge in [0.15, 0.2) is 0 Å². The Balaban J connectivity index is 2.97. The number of nitrogens with one attached hydrogen (secondary N) is 1. The molecule has 0 aromatic heterocycles. The van der Waals surface area contributed by atoms with Gasteiger partial charge in [-0.05, 0) is 24.1 Å². The molecule has 0 heterocycles. The van der Waals surface area contributed by atoms with Gasteiger partial charge in [0, 0.05) is 17.1 Å². The van der Waals surface area contributed by atoms with Crippen molar-refractivity contribution in [2.45, 2.75) is 13.3 Å². The first-order valence-corrected chi connectivity index (χ1v) is 5.19. The van der Waals surface area contributed by atoms with E-state index in [1.54, 1.807) is 6.07 Å². The first kappa shape index (κ1) is 12.4. The summed E-state index contributed by atoms with van der Waals surface area (Å²) in [6.07, 6.45) is 0.847. The van der Waals surface area contributed by atoms with Gasteiger partial charge >= 0.3 is 0 Å². The van der Waals surface area contributed by atoms with E-state index in [2.05, 4.69) is 15.3 Å². The zero-order chi connectivity index (χ0) is 12.0. The van der Waals surface area contributed by atoms with E-state index in [-0.39, 0.29) is 5.91 Å². The molecule has 0 radical (unpaired) electrons. The summed E-state index contributed by atoms with van der Waals surface area (Å²) in [6, 6.07) is 4.55. The molecule has 0 fully saturated rings. The predicted molar refractivity (Wildman–Crippen MR) is 62.9 cm³/mol. The van der Waals surface area contributed by atoms with Gasteiger partial charge in [-0.3, -0.25) is 4.79 Å². The second-order valence-corrected chi connectivity index (χ2v) is 3.52. The molecule has 1 aromatic carbocycles. The topological polar surface area (TPSA) is 77.9 Å². The first-order chi connectivity index (χ1) is 7.69. The van der Waals surface area contributed by atoms with Crippen LogP contribution in [0.15, 0.2) is 23.3 Å². The van der Waals surface area contributed by atoms with Gasteiger partial charge in [-0.25, -0.2) is 0 Å². The molecule has 0 bridgehead atoms. The van der Waals surface area contributed by atoms with Gasteiger partial charge in [-0.1, -0.05) is 29.7 Å². The van der Waals surface area contributed by atoms with Gasteiger partial charge in [-0.15, -0.1) is 0 Å². The van der Waals surface area contributed by atoms with Crippen molar-refractivity contribution in [2.24, 2.45) is 5.11 Å². The Hall–Kier alpha value is -1.71. The number of carbonyl (C=O) groups excluding carboxylic acids is 1. The van der Waals surface area contributed by atoms with E-state index in [4.69, 9.17) is 17.1 Å². The highest BCUT2D eigenvalue weighted by Gasteiger charge is 2.09. The van der Waals surface area contributed by atoms with Crippen LogP contribution in [0.1, 0.15) is 23.7 Å². The van der Waals surface area contributed by atoms with Gasteiger partial charge in [0.2, 0.25) is 0 Å². The fraction of sp³-hybridized carbons (Fsp3) is 0.300. The Morgan fingerprint density at radius 3 is 3.00 bits per heavy atom. The lowest BCUT2D eigenvalue weighted by molar-refractivity contribution is 0.0954. The maximum atomic E-state index is 11.7. The van der Waals surface area contributed by atoms with Crippen molar-refractivity contribution >= 4 is 23.2 Å². The van der Waals surface area contributed by atoms with Gasteiger partial charge in [0.1, 0.15) is 0 Å². The maximum absolute atomic E-state index is 11.7. The number of benzene rings is 1. The summed E-state index contributed by atoms with van der Waals surface area (Å²) in [4.78, 5) is 14.3. The molecule has 0 saturated heterocycles. The van der Waals surface area contributed by atoms with E-state index >= 15 is 0 Å². The average molecular weight is 239 g/mol. The zero-order valence-electron chi connectivity index (χ0n) is 8.77. The molecular formula is C10H11ClN4O. The van der Waals surface area contributed by atoms with Gasteiger partial charge < -0.3 is 5.32 Å². The quantitative estimate of drug-likeness (QED) is 0.487. The van der Waals surface area contributed by atoms with Crippen molar-refractivity contribution in [3.8, 4) is 0 Å². The van der Waals surface area contributed by atoms with E-state index in [1.165, 1.54) is 12.1 Å². The average Bonchev–Trinajstić information content (AvgIpc) is 2.29. The summed E-state index contributed by atoms with van der Waals surface area (Å²) in [6.45, 7) is 2.54. The normalized spacial score (nSPS) is 9.38. The lowest BCUT2D eigenvalue weighted by atomic mass is 10.2. The van der Waals surface area contributed by atoms with E-state index in [0.29, 0.717) is 22.8 Å². The molecular weight excluding hydrogens is 228 g/mol. The largest absolute Gasteiger partial charge is 0.352 e. The standard InChI is InChI=1S/C10H11ClN4O/c1-2-5-13-10(16)8-6-7(14-15-12)3-4-9(8)11/h3-4,6H,2,5H2,1H3,(H,13,16). The highest BCUT2D eigenvalue weighted by Crippen LogP contribution is 2.22. The van der Waals surface area contributed by atoms with Crippen LogP contribution in [0.3, 0.4) is 0 Å². The number of hydrogen-bond acceptors (Lipinski definition) is 2. The Kier molecular flexibility index (Phi) is 4.64. The molecule has 0 saturated carbocycles. The van der Waals surface area contributed by atoms with Crippen LogP contribution in [-0.2, 0) is 0 Å². The summed E-state index contributed by atoms with van der Waals surface area (Å²) in [5.74, 6) is -0.262. The maximum Gasteiger partial charge on any atom is 0.252 e. The van der Waals surface area contributed by atoms with Gasteiger partial charge in [0.05, 0.1) is 10.6 Å². The van der Waals surface area contributed by atoms with Crippen molar-refractivity contribution in [1.29, 1.82) is 0 Å². The third kappa shape index (κ3) is 3.15. The lowest BCUT2D eigenvalue weighted by Crippen LogP contribution is -2.24. The number of rotatable bonds is 4. The zero-order valence-corrected chi connectivity index (χ0v) is 9.53. The van der Waals surface area contributed by atoms with Crippen molar-refractivity contribution in [3.05, 3.63) is 39.2 Å². The van der Waals surface area contributed by atoms with Crippen LogP contribution in [0.2, 0.25) is 5.02 Å². The Bertz CT molecular complexity index is 440. The summed E-state index contributed by atoms with van der Waals surface area (Å²) >= 11 is 5.87. The minimum Gasteiger partial charge on any atom is -0.352 e. The smallest absolute Gasteiger partial charge is 0.252 e. The highest BCUT2D eigenvalue weighted by molar-refractivity contribution is 6.34. The number of amides is 1. The number of carbonyl (C=O) groups is 1. The first-order valence-electron chi connectivity index (χ1n) is 4.82. The predicted octanol–water partition coefficient (Wildman–Crippen LogP) is 3.42. The Morgan fingerprint density at radius 2 is 2.38 bits per heavy atom. The number of hydrogen-bond donors (Lipinski definition) is 1. The molecule has 6 heteroatoms. The van der Waals surface area contributed by atoms with Crippen LogP contribution in [0.25, 0.3) is 10.4 Å². The fourth-order valence-corrected chi connectivity index (χ4v) is 1.34. The monoisotopic (exact) mass is 238 g/mol. The molecule has 84 valence electrons. The number of azide groups is 1. The molecule has 1 aromatic rings. The second-order valence-electron chi connectivity index (χ2n) is 3.11. The summed E-state index contributed by atoms with van der Waals surface area (Å²) in [5.41, 5.74) is 8.97. The van der Waals surface area contributed by atoms with Gasteiger partial charge in [-0.2, -0.15) is 0 Å². The lowest BCUT2D eigenvalue weighted by Gasteiger charge is -2.05. The van der Waals surface area contributed by atoms with Crippen LogP contribution in [-0.4, -0.2) is 12.5 Å². The number of halogens is 1. The third-order valence-corrected chi connectivity index (χ3v) is 2.22. The van der Waals surface area contributed by atoms with Crippen molar-refractivity contribution < 1.29 is 4.79 Å². The van der Waals surface area contributed by atoms with Crippen LogP contribution in [0.4, 0.5) is 5.69 Å². The molecule has 5 nitrogen and oxygen atoms in total. The fourth-order valence-electron chi connectivity index (χ4n) is 1.13. The van der Waals surface area contributed by atoms with Crippen LogP contribution in [0, 0.1) is 0 Å². The van der Waals surface area contributed by atoms with E-state index < -0.39 is 0 Å². The molecule has 0 spiro atoms. The molecule has 0 unspecified atom stereocenters. The second kappa shape index (κ2) is 6.00. The third-order valence-electron chi connectivity index (χ3n) is 1.89. The van der Waals surface area contributed by atoms with Crippen molar-refractivity contribution in [3.63, 3.8) is 0 Å². The number of nitrogens with zero attached hydrogens (tertiary/aromatic N) is 3. The van der Waals surface area contributed by atoms with E-state index in [0.717, 1.165) is 6.42 Å². The molecule has 0 aliphatic carbocycles. The molecule has 1 N–H and O–H groups in total. The highest BCUT2D eigenvalue weighted by atomic mass is 35.5. The van der Waals surface area contributed by atoms with E-state index in [1.807, 2.05) is 6.92 Å². The summed E-state index contributed by atoms with van der Waals surface area (Å²) in [7, 11) is 0. The van der Waals surface area contributed by atoms with Gasteiger partial charge in [0.25, 0.3) is 5.91 Å². The Labute approximate surface area is 98.0 Å². The SMILES string of the molecule is CCCNC(=O)c1cc(N=[N+]=[N-])ccc1Cl. The molecule has 1 rings (SSSR count). The van der Waals surface area contributed by atoms with Crippen LogP contribution in [0.5, 0.6) is 0 Å². The van der Waals surface area contributed by atoms with E-state index in [9.17, 15) is 4.79 Å². The minimum absolute atomic E-state index is 0.262. The van der Waals surface area contributed by atoms with Crippen LogP contribution >= 0.6 is 11.6 Å². The minimum atomic E-state index is -0.262. The molecule has 0 atom stereocenters. The summed E-state index contributed by atoms with van der Waals surface area (Å²) in [5, 5.41) is 6.45. The molecule has 1 amide bonds. The molecule has 0 aliphatic heterocycles. The van der Waals surface area contributed by atoms with Crippen LogP contribution < -0.4 is 5.32 Å². The van der Waals surface area contributed by atoms with Crippen molar-refractivity contribution in [2.75, 3.05) is 6.54 Å². The molecule has 0 aliphatic rings.